The number of nitrogens with zero attached hydrogens (tertiary/aromatic N) is 3. The molecule has 1 heterocycles. The van der Waals surface area contributed by atoms with Crippen molar-refractivity contribution in [1.82, 2.24) is 15.0 Å². The molecule has 0 saturated carbocycles. The summed E-state index contributed by atoms with van der Waals surface area (Å²) in [5.74, 6) is -2.65. The van der Waals surface area contributed by atoms with Gasteiger partial charge < -0.3 is 10.1 Å². The lowest BCUT2D eigenvalue weighted by atomic mass is 10.1. The fourth-order valence-electron chi connectivity index (χ4n) is 1.61. The first-order valence-electron chi connectivity index (χ1n) is 5.67. The molecule has 0 amide bonds. The van der Waals surface area contributed by atoms with Crippen LogP contribution in [0.25, 0.3) is 0 Å². The molecule has 1 aromatic carbocycles. The van der Waals surface area contributed by atoms with Gasteiger partial charge in [0.15, 0.2) is 0 Å². The largest absolute Gasteiger partial charge is 0.465 e. The molecule has 0 spiro atoms. The van der Waals surface area contributed by atoms with Gasteiger partial charge in [-0.3, -0.25) is 4.68 Å². The number of methoxy groups -OCH3 is 1. The quantitative estimate of drug-likeness (QED) is 0.860. The molecule has 2 aromatic rings. The Hall–Kier alpha value is -2.51. The molecular weight excluding hydrogens is 270 g/mol. The third kappa shape index (κ3) is 2.90. The van der Waals surface area contributed by atoms with E-state index in [0.717, 1.165) is 13.2 Å². The molecule has 6 nitrogen and oxygen atoms in total. The van der Waals surface area contributed by atoms with Crippen LogP contribution in [-0.2, 0) is 18.3 Å². The highest BCUT2D eigenvalue weighted by molar-refractivity contribution is 5.90. The maximum Gasteiger partial charge on any atom is 0.340 e. The molecule has 0 bridgehead atoms. The molecule has 0 radical (unpaired) electrons. The molecule has 20 heavy (non-hydrogen) atoms. The molecule has 8 heteroatoms. The van der Waals surface area contributed by atoms with Crippen molar-refractivity contribution in [2.24, 2.45) is 7.05 Å². The Morgan fingerprint density at radius 2 is 2.15 bits per heavy atom. The molecule has 0 saturated heterocycles. The molecule has 0 aliphatic carbocycles. The third-order valence-electron chi connectivity index (χ3n) is 2.57. The summed E-state index contributed by atoms with van der Waals surface area (Å²) in [5.41, 5.74) is 0.226. The van der Waals surface area contributed by atoms with Crippen molar-refractivity contribution in [3.8, 4) is 0 Å². The van der Waals surface area contributed by atoms with Crippen molar-refractivity contribution in [1.29, 1.82) is 0 Å². The van der Waals surface area contributed by atoms with Gasteiger partial charge in [0.1, 0.15) is 17.3 Å². The van der Waals surface area contributed by atoms with Crippen LogP contribution in [0, 0.1) is 11.6 Å². The molecule has 0 aliphatic heterocycles. The molecular formula is C12H12F2N4O2. The second kappa shape index (κ2) is 5.64. The van der Waals surface area contributed by atoms with E-state index in [-0.39, 0.29) is 17.8 Å². The minimum Gasteiger partial charge on any atom is -0.465 e. The number of rotatable bonds is 4. The van der Waals surface area contributed by atoms with E-state index in [1.165, 1.54) is 4.68 Å². The molecule has 1 N–H and O–H groups in total. The van der Waals surface area contributed by atoms with Gasteiger partial charge in [0.2, 0.25) is 0 Å². The minimum absolute atomic E-state index is 0.0162. The summed E-state index contributed by atoms with van der Waals surface area (Å²) in [7, 11) is 2.82. The number of anilines is 1. The van der Waals surface area contributed by atoms with Gasteiger partial charge in [0.25, 0.3) is 0 Å². The van der Waals surface area contributed by atoms with Crippen LogP contribution in [0.4, 0.5) is 14.5 Å². The Morgan fingerprint density at radius 1 is 1.40 bits per heavy atom. The highest BCUT2D eigenvalue weighted by Crippen LogP contribution is 2.20. The fraction of sp³-hybridized carbons (Fsp3) is 0.250. The number of ether oxygens (including phenoxy) is 1. The summed E-state index contributed by atoms with van der Waals surface area (Å²) >= 11 is 0. The van der Waals surface area contributed by atoms with Crippen LogP contribution in [0.2, 0.25) is 0 Å². The lowest BCUT2D eigenvalue weighted by molar-refractivity contribution is 0.0595. The smallest absolute Gasteiger partial charge is 0.340 e. The van der Waals surface area contributed by atoms with Crippen LogP contribution in [0.1, 0.15) is 16.1 Å². The zero-order chi connectivity index (χ0) is 14.7. The standard InChI is InChI=1S/C12H12F2N4O2/c1-18-6-7(16-17-18)5-15-11-3-8(12(19)20-2)9(13)4-10(11)14/h3-4,6,15H,5H2,1-2H3. The van der Waals surface area contributed by atoms with Crippen molar-refractivity contribution >= 4 is 11.7 Å². The molecule has 2 rings (SSSR count). The SMILES string of the molecule is COC(=O)c1cc(NCc2cn(C)nn2)c(F)cc1F. The predicted octanol–water partition coefficient (Wildman–Crippen LogP) is 1.49. The number of carbonyl (C=O) groups is 1. The van der Waals surface area contributed by atoms with E-state index in [0.29, 0.717) is 11.8 Å². The van der Waals surface area contributed by atoms with Crippen LogP contribution in [-0.4, -0.2) is 28.1 Å². The van der Waals surface area contributed by atoms with Gasteiger partial charge in [-0.25, -0.2) is 13.6 Å². The predicted molar refractivity (Wildman–Crippen MR) is 66.0 cm³/mol. The lowest BCUT2D eigenvalue weighted by Crippen LogP contribution is -2.08. The zero-order valence-electron chi connectivity index (χ0n) is 10.9. The molecule has 0 aliphatic rings. The molecule has 0 fully saturated rings. The van der Waals surface area contributed by atoms with E-state index < -0.39 is 17.6 Å². The summed E-state index contributed by atoms with van der Waals surface area (Å²) in [4.78, 5) is 11.3. The van der Waals surface area contributed by atoms with Gasteiger partial charge in [-0.15, -0.1) is 5.10 Å². The Labute approximate surface area is 113 Å². The van der Waals surface area contributed by atoms with Crippen molar-refractivity contribution < 1.29 is 18.3 Å². The highest BCUT2D eigenvalue weighted by Gasteiger charge is 2.16. The van der Waals surface area contributed by atoms with Crippen LogP contribution < -0.4 is 5.32 Å². The number of hydrogen-bond donors (Lipinski definition) is 1. The van der Waals surface area contributed by atoms with E-state index in [1.54, 1.807) is 13.2 Å². The van der Waals surface area contributed by atoms with Gasteiger partial charge in [-0.05, 0) is 6.07 Å². The summed E-state index contributed by atoms with van der Waals surface area (Å²) in [6, 6.07) is 1.69. The monoisotopic (exact) mass is 282 g/mol. The number of aryl methyl sites for hydroxylation is 1. The van der Waals surface area contributed by atoms with Crippen molar-refractivity contribution in [3.05, 3.63) is 41.2 Å². The molecule has 0 atom stereocenters. The van der Waals surface area contributed by atoms with Crippen LogP contribution in [0.15, 0.2) is 18.3 Å². The number of aromatic nitrogens is 3. The number of halogens is 2. The van der Waals surface area contributed by atoms with Gasteiger partial charge in [-0.1, -0.05) is 5.21 Å². The van der Waals surface area contributed by atoms with Crippen molar-refractivity contribution in [3.63, 3.8) is 0 Å². The number of carbonyl (C=O) groups excluding carboxylic acids is 1. The summed E-state index contributed by atoms with van der Waals surface area (Å²) < 4.78 is 33.0. The van der Waals surface area contributed by atoms with Crippen LogP contribution in [0.3, 0.4) is 0 Å². The van der Waals surface area contributed by atoms with E-state index in [2.05, 4.69) is 20.4 Å². The Bertz CT molecular complexity index is 642. The molecule has 106 valence electrons. The molecule has 1 aromatic heterocycles. The number of hydrogen-bond acceptors (Lipinski definition) is 5. The average molecular weight is 282 g/mol. The lowest BCUT2D eigenvalue weighted by Gasteiger charge is -2.08. The van der Waals surface area contributed by atoms with Crippen LogP contribution >= 0.6 is 0 Å². The maximum atomic E-state index is 13.6. The van der Waals surface area contributed by atoms with E-state index in [9.17, 15) is 13.6 Å². The number of benzene rings is 1. The number of esters is 1. The Balaban J connectivity index is 2.20. The van der Waals surface area contributed by atoms with Gasteiger partial charge >= 0.3 is 5.97 Å². The number of nitrogens with one attached hydrogen (secondary N) is 1. The van der Waals surface area contributed by atoms with E-state index in [4.69, 9.17) is 0 Å². The van der Waals surface area contributed by atoms with E-state index >= 15 is 0 Å². The van der Waals surface area contributed by atoms with Crippen molar-refractivity contribution in [2.75, 3.05) is 12.4 Å². The average Bonchev–Trinajstić information content (AvgIpc) is 2.83. The summed E-state index contributed by atoms with van der Waals surface area (Å²) in [5, 5.41) is 10.3. The maximum absolute atomic E-state index is 13.6. The second-order valence-electron chi connectivity index (χ2n) is 4.04. The minimum atomic E-state index is -0.973. The van der Waals surface area contributed by atoms with Crippen molar-refractivity contribution in [2.45, 2.75) is 6.54 Å². The van der Waals surface area contributed by atoms with Gasteiger partial charge in [-0.2, -0.15) is 0 Å². The Kier molecular flexibility index (Phi) is 3.92. The first kappa shape index (κ1) is 13.9. The fourth-order valence-corrected chi connectivity index (χ4v) is 1.61. The highest BCUT2D eigenvalue weighted by atomic mass is 19.1. The van der Waals surface area contributed by atoms with Gasteiger partial charge in [0, 0.05) is 19.3 Å². The first-order chi connectivity index (χ1) is 9.51. The first-order valence-corrected chi connectivity index (χ1v) is 5.67. The second-order valence-corrected chi connectivity index (χ2v) is 4.04. The summed E-state index contributed by atoms with van der Waals surface area (Å²) in [6.07, 6.45) is 1.65. The van der Waals surface area contributed by atoms with Crippen LogP contribution in [0.5, 0.6) is 0 Å². The van der Waals surface area contributed by atoms with Gasteiger partial charge in [0.05, 0.1) is 24.9 Å². The summed E-state index contributed by atoms with van der Waals surface area (Å²) in [6.45, 7) is 0.191. The normalized spacial score (nSPS) is 10.4. The Morgan fingerprint density at radius 3 is 2.75 bits per heavy atom. The molecule has 0 unspecified atom stereocenters. The third-order valence-corrected chi connectivity index (χ3v) is 2.57. The zero-order valence-corrected chi connectivity index (χ0v) is 10.9. The van der Waals surface area contributed by atoms with E-state index in [1.807, 2.05) is 0 Å². The topological polar surface area (TPSA) is 69.0 Å².